The smallest absolute Gasteiger partial charge is 0.421 e. The van der Waals surface area contributed by atoms with Crippen molar-refractivity contribution in [3.05, 3.63) is 65.9 Å². The quantitative estimate of drug-likeness (QED) is 0.357. The number of anilines is 4. The maximum atomic E-state index is 13.6. The summed E-state index contributed by atoms with van der Waals surface area (Å²) in [6.07, 6.45) is 1.56. The van der Waals surface area contributed by atoms with Gasteiger partial charge in [0.25, 0.3) is 0 Å². The lowest BCUT2D eigenvalue weighted by Crippen LogP contribution is -2.13. The van der Waals surface area contributed by atoms with Crippen LogP contribution in [0, 0.1) is 5.92 Å². The number of hydrogen-bond donors (Lipinski definition) is 2. The molecular weight excluding hydrogens is 441 g/mol. The van der Waals surface area contributed by atoms with Crippen molar-refractivity contribution >= 4 is 23.1 Å². The van der Waals surface area contributed by atoms with Gasteiger partial charge >= 0.3 is 6.18 Å². The number of hydrogen-bond acceptors (Lipinski definition) is 5. The van der Waals surface area contributed by atoms with E-state index < -0.39 is 11.7 Å². The summed E-state index contributed by atoms with van der Waals surface area (Å²) in [5.74, 6) is 0.914. The van der Waals surface area contributed by atoms with E-state index in [-0.39, 0.29) is 17.9 Å². The first-order valence-electron chi connectivity index (χ1n) is 11.6. The van der Waals surface area contributed by atoms with Crippen molar-refractivity contribution in [2.45, 2.75) is 58.2 Å². The summed E-state index contributed by atoms with van der Waals surface area (Å²) < 4.78 is 46.9. The van der Waals surface area contributed by atoms with Gasteiger partial charge in [0.15, 0.2) is 0 Å². The van der Waals surface area contributed by atoms with Gasteiger partial charge in [0.2, 0.25) is 5.95 Å². The Labute approximate surface area is 197 Å². The highest BCUT2D eigenvalue weighted by atomic mass is 19.4. The number of ether oxygens (including phenoxy) is 1. The predicted octanol–water partition coefficient (Wildman–Crippen LogP) is 7.50. The second-order valence-electron chi connectivity index (χ2n) is 9.05. The number of rotatable bonds is 8. The lowest BCUT2D eigenvalue weighted by molar-refractivity contribution is -0.137. The SMILES string of the molecule is CC(C)Cc1ccc(Nc2ncc(C(F)(F)F)c(Nc3cccc(OC4CCCC4)c3)n2)cc1. The normalized spacial score (nSPS) is 14.4. The van der Waals surface area contributed by atoms with E-state index in [0.29, 0.717) is 23.0 Å². The van der Waals surface area contributed by atoms with Crippen LogP contribution in [0.1, 0.15) is 50.7 Å². The van der Waals surface area contributed by atoms with E-state index in [2.05, 4.69) is 34.4 Å². The van der Waals surface area contributed by atoms with Crippen molar-refractivity contribution in [1.82, 2.24) is 9.97 Å². The van der Waals surface area contributed by atoms with E-state index in [1.165, 1.54) is 5.56 Å². The van der Waals surface area contributed by atoms with Gasteiger partial charge in [-0.25, -0.2) is 4.98 Å². The Morgan fingerprint density at radius 1 is 1.00 bits per heavy atom. The number of nitrogens with zero attached hydrogens (tertiary/aromatic N) is 2. The molecule has 4 rings (SSSR count). The Balaban J connectivity index is 1.54. The minimum atomic E-state index is -4.60. The molecule has 1 aliphatic carbocycles. The fraction of sp³-hybridized carbons (Fsp3) is 0.385. The van der Waals surface area contributed by atoms with Crippen molar-refractivity contribution in [3.8, 4) is 5.75 Å². The van der Waals surface area contributed by atoms with Crippen molar-refractivity contribution in [2.24, 2.45) is 5.92 Å². The summed E-state index contributed by atoms with van der Waals surface area (Å²) in [6, 6.07) is 14.7. The summed E-state index contributed by atoms with van der Waals surface area (Å²) >= 11 is 0. The molecule has 1 aromatic heterocycles. The molecule has 0 unspecified atom stereocenters. The molecule has 180 valence electrons. The Morgan fingerprint density at radius 2 is 1.74 bits per heavy atom. The predicted molar refractivity (Wildman–Crippen MR) is 128 cm³/mol. The number of nitrogens with one attached hydrogen (secondary N) is 2. The third-order valence-electron chi connectivity index (χ3n) is 5.65. The molecule has 1 aliphatic rings. The lowest BCUT2D eigenvalue weighted by Gasteiger charge is -2.17. The fourth-order valence-electron chi connectivity index (χ4n) is 4.05. The van der Waals surface area contributed by atoms with Crippen LogP contribution < -0.4 is 15.4 Å². The molecule has 0 amide bonds. The first kappa shape index (κ1) is 23.9. The summed E-state index contributed by atoms with van der Waals surface area (Å²) in [6.45, 7) is 4.29. The van der Waals surface area contributed by atoms with Gasteiger partial charge < -0.3 is 15.4 Å². The molecule has 1 saturated carbocycles. The highest BCUT2D eigenvalue weighted by molar-refractivity contribution is 5.64. The average Bonchev–Trinajstić information content (AvgIpc) is 3.27. The third-order valence-corrected chi connectivity index (χ3v) is 5.65. The van der Waals surface area contributed by atoms with Crippen LogP contribution in [0.2, 0.25) is 0 Å². The van der Waals surface area contributed by atoms with Gasteiger partial charge in [-0.15, -0.1) is 0 Å². The Morgan fingerprint density at radius 3 is 2.41 bits per heavy atom. The van der Waals surface area contributed by atoms with E-state index in [0.717, 1.165) is 38.3 Å². The lowest BCUT2D eigenvalue weighted by atomic mass is 10.0. The Hall–Kier alpha value is -3.29. The maximum absolute atomic E-state index is 13.6. The van der Waals surface area contributed by atoms with Gasteiger partial charge in [-0.3, -0.25) is 0 Å². The van der Waals surface area contributed by atoms with Crippen LogP contribution in [0.15, 0.2) is 54.7 Å². The molecule has 2 aromatic carbocycles. The van der Waals surface area contributed by atoms with E-state index in [4.69, 9.17) is 4.74 Å². The second kappa shape index (κ2) is 10.3. The minimum Gasteiger partial charge on any atom is -0.490 e. The van der Waals surface area contributed by atoms with Gasteiger partial charge in [-0.05, 0) is 67.9 Å². The molecule has 2 N–H and O–H groups in total. The molecule has 1 fully saturated rings. The molecule has 0 atom stereocenters. The van der Waals surface area contributed by atoms with E-state index in [9.17, 15) is 13.2 Å². The summed E-state index contributed by atoms with van der Waals surface area (Å²) in [4.78, 5) is 8.03. The van der Waals surface area contributed by atoms with Gasteiger partial charge in [0, 0.05) is 23.6 Å². The van der Waals surface area contributed by atoms with Crippen molar-refractivity contribution in [2.75, 3.05) is 10.6 Å². The molecule has 0 saturated heterocycles. The fourth-order valence-corrected chi connectivity index (χ4v) is 4.05. The molecule has 0 spiro atoms. The molecule has 3 aromatic rings. The number of benzene rings is 2. The third kappa shape index (κ3) is 6.40. The van der Waals surface area contributed by atoms with Crippen molar-refractivity contribution < 1.29 is 17.9 Å². The molecule has 0 aliphatic heterocycles. The zero-order valence-corrected chi connectivity index (χ0v) is 19.3. The monoisotopic (exact) mass is 470 g/mol. The van der Waals surface area contributed by atoms with E-state index in [1.54, 1.807) is 18.2 Å². The first-order valence-corrected chi connectivity index (χ1v) is 11.6. The molecule has 8 heteroatoms. The van der Waals surface area contributed by atoms with Crippen LogP contribution in [0.4, 0.5) is 36.3 Å². The second-order valence-corrected chi connectivity index (χ2v) is 9.05. The van der Waals surface area contributed by atoms with Gasteiger partial charge in [0.1, 0.15) is 17.1 Å². The zero-order chi connectivity index (χ0) is 24.1. The highest BCUT2D eigenvalue weighted by Crippen LogP contribution is 2.36. The Bertz CT molecular complexity index is 1090. The van der Waals surface area contributed by atoms with E-state index in [1.807, 2.05) is 30.3 Å². The highest BCUT2D eigenvalue weighted by Gasteiger charge is 2.35. The van der Waals surface area contributed by atoms with Crippen molar-refractivity contribution in [3.63, 3.8) is 0 Å². The summed E-state index contributed by atoms with van der Waals surface area (Å²) in [5, 5.41) is 5.80. The van der Waals surface area contributed by atoms with Crippen LogP contribution in [0.25, 0.3) is 0 Å². The Kier molecular flexibility index (Phi) is 7.24. The van der Waals surface area contributed by atoms with Gasteiger partial charge in [0.05, 0.1) is 6.10 Å². The average molecular weight is 471 g/mol. The maximum Gasteiger partial charge on any atom is 0.421 e. The number of aromatic nitrogens is 2. The first-order chi connectivity index (χ1) is 16.3. The summed E-state index contributed by atoms with van der Waals surface area (Å²) in [5.41, 5.74) is 1.41. The van der Waals surface area contributed by atoms with E-state index >= 15 is 0 Å². The van der Waals surface area contributed by atoms with Crippen LogP contribution >= 0.6 is 0 Å². The molecular formula is C26H29F3N4O. The molecule has 1 heterocycles. The molecule has 5 nitrogen and oxygen atoms in total. The molecule has 0 radical (unpaired) electrons. The number of halogens is 3. The van der Waals surface area contributed by atoms with Crippen LogP contribution in [-0.2, 0) is 12.6 Å². The van der Waals surface area contributed by atoms with Crippen LogP contribution in [-0.4, -0.2) is 16.1 Å². The number of alkyl halides is 3. The van der Waals surface area contributed by atoms with Gasteiger partial charge in [-0.2, -0.15) is 18.2 Å². The molecule has 0 bridgehead atoms. The molecule has 34 heavy (non-hydrogen) atoms. The standard InChI is InChI=1S/C26H29F3N4O/c1-17(2)14-18-10-12-19(13-11-18)32-25-30-16-23(26(27,28)29)24(33-25)31-20-6-5-9-22(15-20)34-21-7-3-4-8-21/h5-6,9-13,15-17,21H,3-4,7-8,14H2,1-2H3,(H2,30,31,32,33). The summed E-state index contributed by atoms with van der Waals surface area (Å²) in [7, 11) is 0. The minimum absolute atomic E-state index is 0.0745. The van der Waals surface area contributed by atoms with Crippen molar-refractivity contribution in [1.29, 1.82) is 0 Å². The van der Waals surface area contributed by atoms with Crippen LogP contribution in [0.3, 0.4) is 0 Å². The van der Waals surface area contributed by atoms with Crippen LogP contribution in [0.5, 0.6) is 5.75 Å². The van der Waals surface area contributed by atoms with Gasteiger partial charge in [-0.1, -0.05) is 32.0 Å². The topological polar surface area (TPSA) is 59.1 Å². The zero-order valence-electron chi connectivity index (χ0n) is 19.3. The largest absolute Gasteiger partial charge is 0.490 e.